The van der Waals surface area contributed by atoms with Gasteiger partial charge in [-0.05, 0) is 31.9 Å². The smallest absolute Gasteiger partial charge is 0.222 e. The first-order chi connectivity index (χ1) is 8.16. The first kappa shape index (κ1) is 12.2. The van der Waals surface area contributed by atoms with Gasteiger partial charge in [0.2, 0.25) is 5.91 Å². The summed E-state index contributed by atoms with van der Waals surface area (Å²) in [4.78, 5) is 13.4. The summed E-state index contributed by atoms with van der Waals surface area (Å²) in [6, 6.07) is 2.26. The van der Waals surface area contributed by atoms with E-state index in [0.717, 1.165) is 31.8 Å². The molecule has 1 N–H and O–H groups in total. The van der Waals surface area contributed by atoms with Crippen LogP contribution in [-0.4, -0.2) is 29.9 Å². The molecule has 4 nitrogen and oxygen atoms in total. The van der Waals surface area contributed by atoms with Crippen molar-refractivity contribution in [2.24, 2.45) is 0 Å². The maximum absolute atomic E-state index is 11.5. The fourth-order valence-electron chi connectivity index (χ4n) is 2.14. The summed E-state index contributed by atoms with van der Waals surface area (Å²) in [7, 11) is 0. The zero-order valence-electron chi connectivity index (χ0n) is 10.5. The molecule has 0 saturated carbocycles. The molecule has 0 spiro atoms. The maximum atomic E-state index is 11.5. The average molecular weight is 236 g/mol. The number of aryl methyl sites for hydroxylation is 1. The van der Waals surface area contributed by atoms with Gasteiger partial charge in [-0.2, -0.15) is 0 Å². The van der Waals surface area contributed by atoms with Crippen LogP contribution in [0.1, 0.15) is 31.1 Å². The zero-order valence-corrected chi connectivity index (χ0v) is 10.5. The van der Waals surface area contributed by atoms with Crippen LogP contribution in [0.15, 0.2) is 16.7 Å². The van der Waals surface area contributed by atoms with Crippen molar-refractivity contribution in [3.8, 4) is 0 Å². The van der Waals surface area contributed by atoms with E-state index in [2.05, 4.69) is 12.2 Å². The van der Waals surface area contributed by atoms with Crippen molar-refractivity contribution in [1.82, 2.24) is 10.2 Å². The van der Waals surface area contributed by atoms with Gasteiger partial charge in [-0.1, -0.05) is 0 Å². The highest BCUT2D eigenvalue weighted by Gasteiger charge is 2.21. The highest BCUT2D eigenvalue weighted by Crippen LogP contribution is 2.11. The van der Waals surface area contributed by atoms with E-state index >= 15 is 0 Å². The third kappa shape index (κ3) is 3.09. The van der Waals surface area contributed by atoms with Crippen molar-refractivity contribution >= 4 is 5.91 Å². The monoisotopic (exact) mass is 236 g/mol. The lowest BCUT2D eigenvalue weighted by Gasteiger charge is -2.21. The third-order valence-corrected chi connectivity index (χ3v) is 3.24. The minimum Gasteiger partial charge on any atom is -0.468 e. The normalized spacial score (nSPS) is 17.8. The highest BCUT2D eigenvalue weighted by molar-refractivity contribution is 5.78. The lowest BCUT2D eigenvalue weighted by atomic mass is 10.2. The van der Waals surface area contributed by atoms with Crippen LogP contribution in [0.2, 0.25) is 0 Å². The predicted octanol–water partition coefficient (Wildman–Crippen LogP) is 1.69. The number of furan rings is 1. The molecule has 1 aromatic rings. The van der Waals surface area contributed by atoms with Crippen LogP contribution in [-0.2, 0) is 11.3 Å². The van der Waals surface area contributed by atoms with Gasteiger partial charge in [-0.25, -0.2) is 0 Å². The Hall–Kier alpha value is -1.29. The van der Waals surface area contributed by atoms with Crippen LogP contribution < -0.4 is 5.32 Å². The predicted molar refractivity (Wildman–Crippen MR) is 65.6 cm³/mol. The number of likely N-dealkylation sites (tertiary alicyclic amines) is 1. The van der Waals surface area contributed by atoms with Crippen molar-refractivity contribution in [1.29, 1.82) is 0 Å². The molecule has 0 radical (unpaired) electrons. The summed E-state index contributed by atoms with van der Waals surface area (Å²) >= 11 is 0. The summed E-state index contributed by atoms with van der Waals surface area (Å²) < 4.78 is 5.36. The Morgan fingerprint density at radius 3 is 3.00 bits per heavy atom. The Morgan fingerprint density at radius 1 is 1.59 bits per heavy atom. The van der Waals surface area contributed by atoms with Gasteiger partial charge in [-0.3, -0.25) is 4.79 Å². The summed E-state index contributed by atoms with van der Waals surface area (Å²) in [5.74, 6) is 1.26. The third-order valence-electron chi connectivity index (χ3n) is 3.24. The number of amides is 1. The lowest BCUT2D eigenvalue weighted by Crippen LogP contribution is -2.39. The number of hydrogen-bond acceptors (Lipinski definition) is 3. The van der Waals surface area contributed by atoms with Gasteiger partial charge >= 0.3 is 0 Å². The first-order valence-electron chi connectivity index (χ1n) is 6.21. The molecule has 1 aromatic heterocycles. The fourth-order valence-corrected chi connectivity index (χ4v) is 2.14. The Balaban J connectivity index is 1.76. The van der Waals surface area contributed by atoms with E-state index in [1.54, 1.807) is 6.26 Å². The van der Waals surface area contributed by atoms with E-state index in [9.17, 15) is 4.79 Å². The van der Waals surface area contributed by atoms with Gasteiger partial charge in [0.25, 0.3) is 0 Å². The molecule has 1 aliphatic rings. The Bertz CT molecular complexity index is 387. The number of nitrogens with one attached hydrogen (secondary N) is 1. The van der Waals surface area contributed by atoms with E-state index in [0.29, 0.717) is 12.5 Å². The van der Waals surface area contributed by atoms with Crippen LogP contribution in [0, 0.1) is 6.92 Å². The Kier molecular flexibility index (Phi) is 3.84. The summed E-state index contributed by atoms with van der Waals surface area (Å²) in [5.41, 5.74) is 1.17. The quantitative estimate of drug-likeness (QED) is 0.846. The number of carbonyl (C=O) groups is 1. The SMILES string of the molecule is Cc1ccoc1CNC(C)CN1CCCC1=O. The highest BCUT2D eigenvalue weighted by atomic mass is 16.3. The zero-order chi connectivity index (χ0) is 12.3. The molecule has 1 aliphatic heterocycles. The second kappa shape index (κ2) is 5.36. The summed E-state index contributed by atoms with van der Waals surface area (Å²) in [6.45, 7) is 6.56. The van der Waals surface area contributed by atoms with Crippen molar-refractivity contribution in [3.05, 3.63) is 23.7 Å². The van der Waals surface area contributed by atoms with Gasteiger partial charge in [0.05, 0.1) is 12.8 Å². The molecule has 1 fully saturated rings. The van der Waals surface area contributed by atoms with E-state index in [4.69, 9.17) is 4.42 Å². The van der Waals surface area contributed by atoms with Crippen LogP contribution in [0.4, 0.5) is 0 Å². The maximum Gasteiger partial charge on any atom is 0.222 e. The van der Waals surface area contributed by atoms with Gasteiger partial charge in [0, 0.05) is 25.6 Å². The first-order valence-corrected chi connectivity index (χ1v) is 6.21. The molecule has 1 atom stereocenters. The van der Waals surface area contributed by atoms with Gasteiger partial charge in [-0.15, -0.1) is 0 Å². The Labute approximate surface area is 102 Å². The molecule has 94 valence electrons. The van der Waals surface area contributed by atoms with Crippen molar-refractivity contribution in [2.75, 3.05) is 13.1 Å². The van der Waals surface area contributed by atoms with Gasteiger partial charge in [0.1, 0.15) is 5.76 Å². The van der Waals surface area contributed by atoms with Gasteiger partial charge < -0.3 is 14.6 Å². The van der Waals surface area contributed by atoms with Crippen molar-refractivity contribution in [2.45, 2.75) is 39.3 Å². The molecular weight excluding hydrogens is 216 g/mol. The average Bonchev–Trinajstić information content (AvgIpc) is 2.86. The standard InChI is InChI=1S/C13H20N2O2/c1-10-5-7-17-12(10)8-14-11(2)9-15-6-3-4-13(15)16/h5,7,11,14H,3-4,6,8-9H2,1-2H3. The molecule has 1 amide bonds. The van der Waals surface area contributed by atoms with Gasteiger partial charge in [0.15, 0.2) is 0 Å². The van der Waals surface area contributed by atoms with Crippen LogP contribution in [0.5, 0.6) is 0 Å². The largest absolute Gasteiger partial charge is 0.468 e. The van der Waals surface area contributed by atoms with E-state index in [1.165, 1.54) is 5.56 Å². The minimum absolute atomic E-state index is 0.285. The molecule has 2 heterocycles. The second-order valence-corrected chi connectivity index (χ2v) is 4.75. The molecule has 0 bridgehead atoms. The summed E-state index contributed by atoms with van der Waals surface area (Å²) in [5, 5.41) is 3.39. The van der Waals surface area contributed by atoms with Crippen LogP contribution >= 0.6 is 0 Å². The number of nitrogens with zero attached hydrogens (tertiary/aromatic N) is 1. The molecule has 2 rings (SSSR count). The van der Waals surface area contributed by atoms with E-state index in [1.807, 2.05) is 17.9 Å². The molecule has 1 saturated heterocycles. The van der Waals surface area contributed by atoms with Crippen LogP contribution in [0.3, 0.4) is 0 Å². The summed E-state index contributed by atoms with van der Waals surface area (Å²) in [6.07, 6.45) is 3.42. The number of rotatable bonds is 5. The molecule has 0 aromatic carbocycles. The minimum atomic E-state index is 0.285. The lowest BCUT2D eigenvalue weighted by molar-refractivity contribution is -0.127. The topological polar surface area (TPSA) is 45.5 Å². The molecule has 4 heteroatoms. The number of hydrogen-bond donors (Lipinski definition) is 1. The molecular formula is C13H20N2O2. The second-order valence-electron chi connectivity index (χ2n) is 4.75. The Morgan fingerprint density at radius 2 is 2.41 bits per heavy atom. The molecule has 1 unspecified atom stereocenters. The molecule has 0 aliphatic carbocycles. The number of carbonyl (C=O) groups excluding carboxylic acids is 1. The van der Waals surface area contributed by atoms with Crippen molar-refractivity contribution in [3.63, 3.8) is 0 Å². The van der Waals surface area contributed by atoms with Crippen LogP contribution in [0.25, 0.3) is 0 Å². The fraction of sp³-hybridized carbons (Fsp3) is 0.615. The van der Waals surface area contributed by atoms with E-state index in [-0.39, 0.29) is 5.91 Å². The van der Waals surface area contributed by atoms with Crippen molar-refractivity contribution < 1.29 is 9.21 Å². The molecule has 17 heavy (non-hydrogen) atoms. The van der Waals surface area contributed by atoms with E-state index < -0.39 is 0 Å².